The number of hydrogen-bond acceptors (Lipinski definition) is 4. The third kappa shape index (κ3) is 5.38. The van der Waals surface area contributed by atoms with Gasteiger partial charge in [0, 0.05) is 25.5 Å². The molecule has 0 bridgehead atoms. The van der Waals surface area contributed by atoms with Crippen LogP contribution in [-0.4, -0.2) is 42.0 Å². The molecule has 0 radical (unpaired) electrons. The van der Waals surface area contributed by atoms with Gasteiger partial charge in [0.1, 0.15) is 0 Å². The molecule has 0 saturated heterocycles. The van der Waals surface area contributed by atoms with E-state index < -0.39 is 0 Å². The van der Waals surface area contributed by atoms with Crippen LogP contribution in [0.25, 0.3) is 0 Å². The van der Waals surface area contributed by atoms with Crippen LogP contribution < -0.4 is 0 Å². The molecular formula is C15H22N2O3. The Morgan fingerprint density at radius 3 is 2.65 bits per heavy atom. The lowest BCUT2D eigenvalue weighted by molar-refractivity contribution is -0.140. The molecule has 1 rings (SSSR count). The Labute approximate surface area is 119 Å². The number of amides is 1. The molecule has 1 aromatic heterocycles. The second-order valence-electron chi connectivity index (χ2n) is 5.04. The molecule has 1 heterocycles. The van der Waals surface area contributed by atoms with Crippen LogP contribution >= 0.6 is 0 Å². The number of methoxy groups -OCH3 is 1. The SMILES string of the molecule is COC(=O)CCN(CCC(C)C)C(=O)c1cccnc1. The molecule has 0 spiro atoms. The molecule has 0 aliphatic carbocycles. The van der Waals surface area contributed by atoms with Gasteiger partial charge in [-0.1, -0.05) is 13.8 Å². The molecule has 0 N–H and O–H groups in total. The quantitative estimate of drug-likeness (QED) is 0.717. The first-order valence-corrected chi connectivity index (χ1v) is 6.80. The van der Waals surface area contributed by atoms with Crippen molar-refractivity contribution in [1.29, 1.82) is 0 Å². The van der Waals surface area contributed by atoms with Gasteiger partial charge < -0.3 is 9.64 Å². The van der Waals surface area contributed by atoms with E-state index in [1.54, 1.807) is 29.4 Å². The van der Waals surface area contributed by atoms with E-state index in [1.165, 1.54) is 7.11 Å². The van der Waals surface area contributed by atoms with Crippen molar-refractivity contribution in [2.45, 2.75) is 26.7 Å². The molecule has 0 saturated carbocycles. The van der Waals surface area contributed by atoms with Gasteiger partial charge in [-0.2, -0.15) is 0 Å². The van der Waals surface area contributed by atoms with E-state index in [9.17, 15) is 9.59 Å². The van der Waals surface area contributed by atoms with Gasteiger partial charge in [-0.3, -0.25) is 14.6 Å². The molecule has 0 fully saturated rings. The first-order chi connectivity index (χ1) is 9.54. The number of rotatable bonds is 7. The lowest BCUT2D eigenvalue weighted by atomic mass is 10.1. The predicted octanol–water partition coefficient (Wildman–Crippen LogP) is 2.13. The summed E-state index contributed by atoms with van der Waals surface area (Å²) < 4.78 is 4.62. The zero-order chi connectivity index (χ0) is 15.0. The summed E-state index contributed by atoms with van der Waals surface area (Å²) in [4.78, 5) is 29.3. The van der Waals surface area contributed by atoms with Crippen molar-refractivity contribution in [3.63, 3.8) is 0 Å². The molecular weight excluding hydrogens is 256 g/mol. The molecule has 5 heteroatoms. The van der Waals surface area contributed by atoms with Crippen LogP contribution in [0.5, 0.6) is 0 Å². The lowest BCUT2D eigenvalue weighted by Gasteiger charge is -2.23. The Hall–Kier alpha value is -1.91. The normalized spacial score (nSPS) is 10.4. The molecule has 0 atom stereocenters. The van der Waals surface area contributed by atoms with Crippen molar-refractivity contribution in [3.8, 4) is 0 Å². The topological polar surface area (TPSA) is 59.5 Å². The van der Waals surface area contributed by atoms with Gasteiger partial charge in [-0.15, -0.1) is 0 Å². The summed E-state index contributed by atoms with van der Waals surface area (Å²) in [5, 5.41) is 0. The van der Waals surface area contributed by atoms with Gasteiger partial charge in [0.2, 0.25) is 0 Å². The molecule has 0 aromatic carbocycles. The summed E-state index contributed by atoms with van der Waals surface area (Å²) in [6.45, 7) is 5.20. The minimum atomic E-state index is -0.307. The molecule has 110 valence electrons. The van der Waals surface area contributed by atoms with Crippen molar-refractivity contribution >= 4 is 11.9 Å². The molecule has 0 aliphatic heterocycles. The Balaban J connectivity index is 2.70. The fourth-order valence-corrected chi connectivity index (χ4v) is 1.73. The maximum atomic E-state index is 12.4. The van der Waals surface area contributed by atoms with Crippen LogP contribution in [0.3, 0.4) is 0 Å². The fraction of sp³-hybridized carbons (Fsp3) is 0.533. The van der Waals surface area contributed by atoms with Crippen molar-refractivity contribution in [2.75, 3.05) is 20.2 Å². The van der Waals surface area contributed by atoms with Crippen LogP contribution in [0.15, 0.2) is 24.5 Å². The van der Waals surface area contributed by atoms with Gasteiger partial charge in [0.25, 0.3) is 5.91 Å². The van der Waals surface area contributed by atoms with Crippen molar-refractivity contribution in [3.05, 3.63) is 30.1 Å². The molecule has 1 amide bonds. The second-order valence-corrected chi connectivity index (χ2v) is 5.04. The van der Waals surface area contributed by atoms with Crippen LogP contribution in [0.1, 0.15) is 37.0 Å². The number of pyridine rings is 1. The minimum Gasteiger partial charge on any atom is -0.469 e. The smallest absolute Gasteiger partial charge is 0.307 e. The summed E-state index contributed by atoms with van der Waals surface area (Å²) in [5.74, 6) is 0.0958. The Morgan fingerprint density at radius 1 is 1.35 bits per heavy atom. The van der Waals surface area contributed by atoms with E-state index in [4.69, 9.17) is 0 Å². The van der Waals surface area contributed by atoms with E-state index in [-0.39, 0.29) is 18.3 Å². The van der Waals surface area contributed by atoms with E-state index in [0.29, 0.717) is 24.6 Å². The highest BCUT2D eigenvalue weighted by Crippen LogP contribution is 2.08. The highest BCUT2D eigenvalue weighted by molar-refractivity contribution is 5.94. The number of carbonyl (C=O) groups is 2. The third-order valence-electron chi connectivity index (χ3n) is 2.99. The number of ether oxygens (including phenoxy) is 1. The van der Waals surface area contributed by atoms with E-state index in [2.05, 4.69) is 23.6 Å². The van der Waals surface area contributed by atoms with Gasteiger partial charge in [-0.25, -0.2) is 0 Å². The van der Waals surface area contributed by atoms with Crippen LogP contribution in [0.2, 0.25) is 0 Å². The van der Waals surface area contributed by atoms with Gasteiger partial charge in [0.05, 0.1) is 19.1 Å². The molecule has 0 unspecified atom stereocenters. The highest BCUT2D eigenvalue weighted by atomic mass is 16.5. The van der Waals surface area contributed by atoms with E-state index >= 15 is 0 Å². The van der Waals surface area contributed by atoms with Crippen LogP contribution in [-0.2, 0) is 9.53 Å². The van der Waals surface area contributed by atoms with Crippen molar-refractivity contribution in [2.24, 2.45) is 5.92 Å². The number of esters is 1. The zero-order valence-electron chi connectivity index (χ0n) is 12.3. The largest absolute Gasteiger partial charge is 0.469 e. The van der Waals surface area contributed by atoms with E-state index in [1.807, 2.05) is 0 Å². The van der Waals surface area contributed by atoms with Crippen molar-refractivity contribution < 1.29 is 14.3 Å². The lowest BCUT2D eigenvalue weighted by Crippen LogP contribution is -2.34. The maximum Gasteiger partial charge on any atom is 0.307 e. The Bertz CT molecular complexity index is 432. The summed E-state index contributed by atoms with van der Waals surface area (Å²) in [7, 11) is 1.35. The summed E-state index contributed by atoms with van der Waals surface area (Å²) in [6.07, 6.45) is 4.28. The van der Waals surface area contributed by atoms with Gasteiger partial charge in [0.15, 0.2) is 0 Å². The predicted molar refractivity (Wildman–Crippen MR) is 76.2 cm³/mol. The molecule has 20 heavy (non-hydrogen) atoms. The first kappa shape index (κ1) is 16.1. The number of aromatic nitrogens is 1. The number of carbonyl (C=O) groups excluding carboxylic acids is 2. The number of nitrogens with zero attached hydrogens (tertiary/aromatic N) is 2. The van der Waals surface area contributed by atoms with E-state index in [0.717, 1.165) is 6.42 Å². The van der Waals surface area contributed by atoms with Crippen LogP contribution in [0.4, 0.5) is 0 Å². The summed E-state index contributed by atoms with van der Waals surface area (Å²) in [5.41, 5.74) is 0.543. The minimum absolute atomic E-state index is 0.0948. The average molecular weight is 278 g/mol. The fourth-order valence-electron chi connectivity index (χ4n) is 1.73. The molecule has 1 aromatic rings. The third-order valence-corrected chi connectivity index (χ3v) is 2.99. The van der Waals surface area contributed by atoms with Crippen molar-refractivity contribution in [1.82, 2.24) is 9.88 Å². The van der Waals surface area contributed by atoms with Gasteiger partial charge >= 0.3 is 5.97 Å². The average Bonchev–Trinajstić information content (AvgIpc) is 2.47. The molecule has 5 nitrogen and oxygen atoms in total. The second kappa shape index (κ2) is 8.30. The number of hydrogen-bond donors (Lipinski definition) is 0. The highest BCUT2D eigenvalue weighted by Gasteiger charge is 2.17. The van der Waals surface area contributed by atoms with Crippen LogP contribution in [0, 0.1) is 5.92 Å². The Kier molecular flexibility index (Phi) is 6.70. The summed E-state index contributed by atoms with van der Waals surface area (Å²) in [6, 6.07) is 3.46. The summed E-state index contributed by atoms with van der Waals surface area (Å²) >= 11 is 0. The standard InChI is InChI=1S/C15H22N2O3/c1-12(2)6-9-17(10-7-14(18)20-3)15(19)13-5-4-8-16-11-13/h4-5,8,11-12H,6-7,9-10H2,1-3H3. The molecule has 0 aliphatic rings. The monoisotopic (exact) mass is 278 g/mol. The van der Waals surface area contributed by atoms with Gasteiger partial charge in [-0.05, 0) is 24.5 Å². The maximum absolute atomic E-state index is 12.4. The zero-order valence-corrected chi connectivity index (χ0v) is 12.3. The first-order valence-electron chi connectivity index (χ1n) is 6.80. The Morgan fingerprint density at radius 2 is 2.10 bits per heavy atom.